The van der Waals surface area contributed by atoms with Crippen molar-refractivity contribution in [2.24, 2.45) is 5.92 Å². The normalized spacial score (nSPS) is 23.0. The average molecular weight is 308 g/mol. The van der Waals surface area contributed by atoms with Crippen LogP contribution in [0, 0.1) is 5.92 Å². The van der Waals surface area contributed by atoms with E-state index in [-0.39, 0.29) is 24.6 Å². The van der Waals surface area contributed by atoms with Gasteiger partial charge < -0.3 is 15.7 Å². The third-order valence-electron chi connectivity index (χ3n) is 4.43. The van der Waals surface area contributed by atoms with Gasteiger partial charge >= 0.3 is 0 Å². The molecule has 6 nitrogen and oxygen atoms in total. The highest BCUT2D eigenvalue weighted by molar-refractivity contribution is 5.93. The Morgan fingerprint density at radius 3 is 2.91 bits per heavy atom. The number of rotatable bonds is 7. The van der Waals surface area contributed by atoms with Gasteiger partial charge in [0.15, 0.2) is 0 Å². The van der Waals surface area contributed by atoms with Crippen LogP contribution in [0.25, 0.3) is 0 Å². The van der Waals surface area contributed by atoms with Crippen LogP contribution in [0.1, 0.15) is 52.5 Å². The van der Waals surface area contributed by atoms with E-state index in [1.165, 1.54) is 0 Å². The summed E-state index contributed by atoms with van der Waals surface area (Å²) in [6.07, 6.45) is 5.88. The third-order valence-corrected chi connectivity index (χ3v) is 4.43. The largest absolute Gasteiger partial charge is 0.396 e. The summed E-state index contributed by atoms with van der Waals surface area (Å²) in [7, 11) is 0. The number of amides is 1. The molecule has 1 aliphatic rings. The zero-order valence-corrected chi connectivity index (χ0v) is 13.7. The lowest BCUT2D eigenvalue weighted by Gasteiger charge is -2.24. The molecule has 1 saturated carbocycles. The maximum absolute atomic E-state index is 12.4. The van der Waals surface area contributed by atoms with Crippen molar-refractivity contribution >= 4 is 11.7 Å². The van der Waals surface area contributed by atoms with Gasteiger partial charge in [-0.05, 0) is 46.0 Å². The van der Waals surface area contributed by atoms with Crippen LogP contribution in [-0.2, 0) is 4.79 Å². The lowest BCUT2D eigenvalue weighted by Crippen LogP contribution is -2.45. The van der Waals surface area contributed by atoms with E-state index in [0.29, 0.717) is 12.0 Å². The van der Waals surface area contributed by atoms with Crippen molar-refractivity contribution in [3.05, 3.63) is 12.3 Å². The Kier molecular flexibility index (Phi) is 5.97. The molecule has 3 N–H and O–H groups in total. The standard InChI is InChI=1S/C16H28N4O2/c1-11(2)20-15(7-9-17-20)19-16(22)12(3)18-14-6-4-5-13(14)8-10-21/h7,9,11-14,18,21H,4-6,8,10H2,1-3H3,(H,19,22)/t12-,13-,14-/m0/s1. The Bertz CT molecular complexity index is 486. The molecule has 0 bridgehead atoms. The minimum atomic E-state index is -0.264. The predicted octanol–water partition coefficient (Wildman–Crippen LogP) is 1.93. The summed E-state index contributed by atoms with van der Waals surface area (Å²) in [6.45, 7) is 6.17. The first kappa shape index (κ1) is 17.0. The molecule has 3 atom stereocenters. The lowest BCUT2D eigenvalue weighted by molar-refractivity contribution is -0.118. The van der Waals surface area contributed by atoms with Gasteiger partial charge in [0.2, 0.25) is 5.91 Å². The minimum Gasteiger partial charge on any atom is -0.396 e. The number of carbonyl (C=O) groups is 1. The van der Waals surface area contributed by atoms with Gasteiger partial charge in [0.1, 0.15) is 5.82 Å². The molecule has 0 aromatic carbocycles. The Hall–Kier alpha value is -1.40. The molecule has 0 radical (unpaired) electrons. The number of aromatic nitrogens is 2. The summed E-state index contributed by atoms with van der Waals surface area (Å²) in [5.74, 6) is 1.16. The first-order valence-corrected chi connectivity index (χ1v) is 8.24. The van der Waals surface area contributed by atoms with Gasteiger partial charge in [-0.1, -0.05) is 6.42 Å². The Balaban J connectivity index is 1.90. The van der Waals surface area contributed by atoms with Crippen molar-refractivity contribution in [3.63, 3.8) is 0 Å². The molecule has 1 amide bonds. The molecule has 1 aromatic rings. The Morgan fingerprint density at radius 2 is 2.23 bits per heavy atom. The second-order valence-corrected chi connectivity index (χ2v) is 6.44. The molecule has 1 aromatic heterocycles. The molecule has 6 heteroatoms. The molecule has 0 spiro atoms. The van der Waals surface area contributed by atoms with Gasteiger partial charge in [0, 0.05) is 24.8 Å². The van der Waals surface area contributed by atoms with Crippen molar-refractivity contribution < 1.29 is 9.90 Å². The highest BCUT2D eigenvalue weighted by Crippen LogP contribution is 2.28. The monoisotopic (exact) mass is 308 g/mol. The van der Waals surface area contributed by atoms with Gasteiger partial charge in [-0.2, -0.15) is 5.10 Å². The number of carbonyl (C=O) groups excluding carboxylic acids is 1. The zero-order valence-electron chi connectivity index (χ0n) is 13.7. The molecule has 22 heavy (non-hydrogen) atoms. The Labute approximate surface area is 132 Å². The van der Waals surface area contributed by atoms with E-state index in [0.717, 1.165) is 31.5 Å². The van der Waals surface area contributed by atoms with Crippen molar-refractivity contribution in [2.45, 2.75) is 64.6 Å². The van der Waals surface area contributed by atoms with Crippen LogP contribution in [-0.4, -0.2) is 39.5 Å². The van der Waals surface area contributed by atoms with E-state index in [1.807, 2.05) is 26.8 Å². The third kappa shape index (κ3) is 4.08. The maximum Gasteiger partial charge on any atom is 0.242 e. The van der Waals surface area contributed by atoms with Crippen LogP contribution in [0.4, 0.5) is 5.82 Å². The van der Waals surface area contributed by atoms with E-state index in [4.69, 9.17) is 5.11 Å². The molecule has 1 heterocycles. The van der Waals surface area contributed by atoms with Crippen LogP contribution in [0.15, 0.2) is 12.3 Å². The summed E-state index contributed by atoms with van der Waals surface area (Å²) >= 11 is 0. The van der Waals surface area contributed by atoms with Gasteiger partial charge in [0.25, 0.3) is 0 Å². The second kappa shape index (κ2) is 7.74. The fourth-order valence-electron chi connectivity index (χ4n) is 3.22. The van der Waals surface area contributed by atoms with E-state index in [1.54, 1.807) is 10.9 Å². The van der Waals surface area contributed by atoms with Crippen LogP contribution in [0.2, 0.25) is 0 Å². The quantitative estimate of drug-likeness (QED) is 0.719. The van der Waals surface area contributed by atoms with Gasteiger partial charge in [-0.25, -0.2) is 4.68 Å². The first-order chi connectivity index (χ1) is 10.5. The summed E-state index contributed by atoms with van der Waals surface area (Å²) in [5, 5.41) is 19.7. The van der Waals surface area contributed by atoms with Crippen molar-refractivity contribution in [2.75, 3.05) is 11.9 Å². The van der Waals surface area contributed by atoms with Gasteiger partial charge in [-0.3, -0.25) is 4.79 Å². The molecule has 1 fully saturated rings. The van der Waals surface area contributed by atoms with Crippen molar-refractivity contribution in [1.29, 1.82) is 0 Å². The van der Waals surface area contributed by atoms with E-state index >= 15 is 0 Å². The molecule has 0 saturated heterocycles. The summed E-state index contributed by atoms with van der Waals surface area (Å²) in [4.78, 5) is 12.4. The smallest absolute Gasteiger partial charge is 0.242 e. The number of hydrogen-bond donors (Lipinski definition) is 3. The van der Waals surface area contributed by atoms with Gasteiger partial charge in [-0.15, -0.1) is 0 Å². The number of hydrogen-bond acceptors (Lipinski definition) is 4. The van der Waals surface area contributed by atoms with Crippen LogP contribution >= 0.6 is 0 Å². The Morgan fingerprint density at radius 1 is 1.45 bits per heavy atom. The van der Waals surface area contributed by atoms with Gasteiger partial charge in [0.05, 0.1) is 12.2 Å². The van der Waals surface area contributed by atoms with E-state index in [2.05, 4.69) is 15.7 Å². The highest BCUT2D eigenvalue weighted by atomic mass is 16.3. The van der Waals surface area contributed by atoms with Crippen LogP contribution < -0.4 is 10.6 Å². The molecule has 2 rings (SSSR count). The van der Waals surface area contributed by atoms with E-state index < -0.39 is 0 Å². The maximum atomic E-state index is 12.4. The van der Waals surface area contributed by atoms with Crippen LogP contribution in [0.5, 0.6) is 0 Å². The number of aliphatic hydroxyl groups excluding tert-OH is 1. The first-order valence-electron chi connectivity index (χ1n) is 8.24. The zero-order chi connectivity index (χ0) is 16.1. The topological polar surface area (TPSA) is 79.2 Å². The lowest BCUT2D eigenvalue weighted by atomic mass is 9.99. The SMILES string of the molecule is CC(C)n1nccc1NC(=O)[C@H](C)N[C@H]1CCC[C@H]1CCO. The number of nitrogens with one attached hydrogen (secondary N) is 2. The molecule has 1 aliphatic carbocycles. The highest BCUT2D eigenvalue weighted by Gasteiger charge is 2.29. The predicted molar refractivity (Wildman–Crippen MR) is 86.7 cm³/mol. The van der Waals surface area contributed by atoms with E-state index in [9.17, 15) is 4.79 Å². The average Bonchev–Trinajstić information content (AvgIpc) is 3.09. The summed E-state index contributed by atoms with van der Waals surface area (Å²) in [5.41, 5.74) is 0. The molecule has 124 valence electrons. The molecular weight excluding hydrogens is 280 g/mol. The second-order valence-electron chi connectivity index (χ2n) is 6.44. The molecule has 0 unspecified atom stereocenters. The fourth-order valence-corrected chi connectivity index (χ4v) is 3.22. The fraction of sp³-hybridized carbons (Fsp3) is 0.750. The van der Waals surface area contributed by atoms with Crippen molar-refractivity contribution in [1.82, 2.24) is 15.1 Å². The number of aliphatic hydroxyl groups is 1. The summed E-state index contributed by atoms with van der Waals surface area (Å²) < 4.78 is 1.80. The van der Waals surface area contributed by atoms with Crippen LogP contribution in [0.3, 0.4) is 0 Å². The minimum absolute atomic E-state index is 0.0444. The number of nitrogens with zero attached hydrogens (tertiary/aromatic N) is 2. The summed E-state index contributed by atoms with van der Waals surface area (Å²) in [6, 6.07) is 2.08. The molecule has 0 aliphatic heterocycles. The van der Waals surface area contributed by atoms with Crippen molar-refractivity contribution in [3.8, 4) is 0 Å². The molecular formula is C16H28N4O2. The number of anilines is 1.